The van der Waals surface area contributed by atoms with Crippen molar-refractivity contribution in [3.05, 3.63) is 65.7 Å². The van der Waals surface area contributed by atoms with E-state index < -0.39 is 7.25 Å². The van der Waals surface area contributed by atoms with E-state index in [9.17, 15) is 17.3 Å². The topological polar surface area (TPSA) is 3.01 Å². The lowest BCUT2D eigenvalue weighted by molar-refractivity contribution is -0.436. The Bertz CT molecular complexity index is 617. The van der Waals surface area contributed by atoms with Gasteiger partial charge in [-0.25, -0.2) is 0 Å². The molecule has 0 atom stereocenters. The number of hydrogen-bond donors (Lipinski definition) is 0. The number of para-hydroxylation sites is 1. The van der Waals surface area contributed by atoms with Crippen molar-refractivity contribution in [2.75, 3.05) is 6.54 Å². The first-order chi connectivity index (χ1) is 9.93. The summed E-state index contributed by atoms with van der Waals surface area (Å²) in [6, 6.07) is 19.2. The fourth-order valence-corrected chi connectivity index (χ4v) is 2.18. The molecule has 0 saturated heterocycles. The maximum absolute atomic E-state index is 9.75. The Labute approximate surface area is 120 Å². The second-order valence-electron chi connectivity index (χ2n) is 4.60. The third kappa shape index (κ3) is 5.06. The molecule has 0 saturated carbocycles. The highest BCUT2D eigenvalue weighted by Crippen LogP contribution is 2.17. The number of hydrogen-bond acceptors (Lipinski definition) is 0. The highest BCUT2D eigenvalue weighted by atomic mass is 19.5. The van der Waals surface area contributed by atoms with Gasteiger partial charge in [0, 0.05) is 24.1 Å². The first kappa shape index (κ1) is 15.3. The van der Waals surface area contributed by atoms with E-state index in [1.54, 1.807) is 0 Å². The fourth-order valence-electron chi connectivity index (χ4n) is 2.18. The van der Waals surface area contributed by atoms with E-state index in [4.69, 9.17) is 0 Å². The quantitative estimate of drug-likeness (QED) is 0.419. The predicted molar refractivity (Wildman–Crippen MR) is 76.7 cm³/mol. The summed E-state index contributed by atoms with van der Waals surface area (Å²) in [7, 11) is -6.00. The average Bonchev–Trinajstić information content (AvgIpc) is 2.46. The second kappa shape index (κ2) is 6.56. The van der Waals surface area contributed by atoms with Crippen LogP contribution in [0.5, 0.6) is 0 Å². The summed E-state index contributed by atoms with van der Waals surface area (Å²) in [5, 5.41) is 0. The van der Waals surface area contributed by atoms with Gasteiger partial charge in [-0.1, -0.05) is 36.4 Å². The van der Waals surface area contributed by atoms with Crippen molar-refractivity contribution in [2.24, 2.45) is 0 Å². The lowest BCUT2D eigenvalue weighted by Gasteiger charge is -2.11. The molecule has 0 bridgehead atoms. The molecule has 1 aliphatic rings. The van der Waals surface area contributed by atoms with Crippen molar-refractivity contribution in [1.29, 1.82) is 0 Å². The average molecular weight is 295 g/mol. The molecule has 110 valence electrons. The van der Waals surface area contributed by atoms with E-state index in [0.717, 1.165) is 13.0 Å². The van der Waals surface area contributed by atoms with Crippen LogP contribution in [0, 0.1) is 0 Å². The molecule has 1 aliphatic heterocycles. The molecule has 0 amide bonds. The standard InChI is InChI=1S/C15H14N.BF4/c1-2-8-15(9-3-1)16-11-10-13-6-4-5-7-14(13)12-16;2-1(3,4)5/h1-9,12H,10-11H2;/q+1;-1. The van der Waals surface area contributed by atoms with Crippen molar-refractivity contribution < 1.29 is 21.8 Å². The molecule has 6 heteroatoms. The molecule has 0 unspecified atom stereocenters. The highest BCUT2D eigenvalue weighted by molar-refractivity contribution is 6.50. The van der Waals surface area contributed by atoms with Crippen LogP contribution < -0.4 is 0 Å². The molecule has 1 heterocycles. The summed E-state index contributed by atoms with van der Waals surface area (Å²) in [5.74, 6) is 0. The third-order valence-electron chi connectivity index (χ3n) is 3.06. The predicted octanol–water partition coefficient (Wildman–Crippen LogP) is 4.31. The summed E-state index contributed by atoms with van der Waals surface area (Å²) >= 11 is 0. The molecule has 0 fully saturated rings. The first-order valence-corrected chi connectivity index (χ1v) is 6.55. The zero-order valence-electron chi connectivity index (χ0n) is 11.2. The Hall–Kier alpha value is -2.11. The minimum absolute atomic E-state index is 1.07. The number of halogens is 4. The molecule has 1 nitrogen and oxygen atoms in total. The van der Waals surface area contributed by atoms with Gasteiger partial charge >= 0.3 is 7.25 Å². The van der Waals surface area contributed by atoms with Crippen molar-refractivity contribution in [2.45, 2.75) is 6.42 Å². The molecule has 0 radical (unpaired) electrons. The van der Waals surface area contributed by atoms with E-state index in [1.165, 1.54) is 16.8 Å². The van der Waals surface area contributed by atoms with Crippen molar-refractivity contribution in [1.82, 2.24) is 0 Å². The zero-order valence-corrected chi connectivity index (χ0v) is 11.2. The lowest BCUT2D eigenvalue weighted by Crippen LogP contribution is -2.18. The maximum atomic E-state index is 9.75. The minimum Gasteiger partial charge on any atom is -0.418 e. The van der Waals surface area contributed by atoms with Crippen LogP contribution in [-0.2, 0) is 6.42 Å². The van der Waals surface area contributed by atoms with Crippen LogP contribution in [0.25, 0.3) is 0 Å². The smallest absolute Gasteiger partial charge is 0.418 e. The lowest BCUT2D eigenvalue weighted by atomic mass is 10.0. The third-order valence-corrected chi connectivity index (χ3v) is 3.06. The zero-order chi connectivity index (χ0) is 15.3. The first-order valence-electron chi connectivity index (χ1n) is 6.55. The van der Waals surface area contributed by atoms with Gasteiger partial charge in [-0.15, -0.1) is 0 Å². The van der Waals surface area contributed by atoms with E-state index in [0.29, 0.717) is 0 Å². The SMILES string of the molecule is C1=[N+](c2ccccc2)CCc2ccccc21.F[B-](F)(F)F. The van der Waals surface area contributed by atoms with Gasteiger partial charge in [0.05, 0.1) is 0 Å². The summed E-state index contributed by atoms with van der Waals surface area (Å²) in [6.07, 6.45) is 3.37. The van der Waals surface area contributed by atoms with Gasteiger partial charge < -0.3 is 17.3 Å². The molecule has 0 aliphatic carbocycles. The summed E-state index contributed by atoms with van der Waals surface area (Å²) in [6.45, 7) is 1.07. The van der Waals surface area contributed by atoms with Crippen LogP contribution in [0.1, 0.15) is 11.1 Å². The van der Waals surface area contributed by atoms with Crippen LogP contribution in [0.4, 0.5) is 23.0 Å². The molecule has 0 N–H and O–H groups in total. The van der Waals surface area contributed by atoms with Crippen molar-refractivity contribution >= 4 is 19.2 Å². The summed E-state index contributed by atoms with van der Waals surface area (Å²) in [4.78, 5) is 0. The van der Waals surface area contributed by atoms with E-state index >= 15 is 0 Å². The Kier molecular flexibility index (Phi) is 4.78. The van der Waals surface area contributed by atoms with Gasteiger partial charge in [-0.2, -0.15) is 4.58 Å². The van der Waals surface area contributed by atoms with Crippen molar-refractivity contribution in [3.8, 4) is 0 Å². The van der Waals surface area contributed by atoms with Gasteiger partial charge in [0.25, 0.3) is 0 Å². The Morgan fingerprint density at radius 1 is 0.810 bits per heavy atom. The Morgan fingerprint density at radius 2 is 1.38 bits per heavy atom. The number of benzene rings is 2. The minimum atomic E-state index is -6.00. The molecular formula is C15H14BF4N. The van der Waals surface area contributed by atoms with E-state index in [1.807, 2.05) is 0 Å². The van der Waals surface area contributed by atoms with E-state index in [-0.39, 0.29) is 0 Å². The summed E-state index contributed by atoms with van der Waals surface area (Å²) < 4.78 is 41.3. The second-order valence-corrected chi connectivity index (χ2v) is 4.60. The van der Waals surface area contributed by atoms with Crippen molar-refractivity contribution in [3.63, 3.8) is 0 Å². The van der Waals surface area contributed by atoms with Gasteiger partial charge in [0.1, 0.15) is 0 Å². The molecule has 0 spiro atoms. The molecule has 2 aromatic carbocycles. The largest absolute Gasteiger partial charge is 0.673 e. The fraction of sp³-hybridized carbons (Fsp3) is 0.133. The monoisotopic (exact) mass is 295 g/mol. The number of nitrogens with zero attached hydrogens (tertiary/aromatic N) is 1. The van der Waals surface area contributed by atoms with Crippen LogP contribution in [0.2, 0.25) is 0 Å². The Balaban J connectivity index is 0.000000282. The maximum Gasteiger partial charge on any atom is 0.673 e. The molecular weight excluding hydrogens is 281 g/mol. The molecule has 3 rings (SSSR count). The van der Waals surface area contributed by atoms with Gasteiger partial charge in [0.2, 0.25) is 5.69 Å². The summed E-state index contributed by atoms with van der Waals surface area (Å²) in [5.41, 5.74) is 4.07. The van der Waals surface area contributed by atoms with Gasteiger partial charge in [-0.3, -0.25) is 0 Å². The van der Waals surface area contributed by atoms with Gasteiger partial charge in [-0.05, 0) is 11.6 Å². The molecule has 2 aromatic rings. The van der Waals surface area contributed by atoms with Crippen LogP contribution in [-0.4, -0.2) is 24.6 Å². The van der Waals surface area contributed by atoms with Crippen LogP contribution in [0.3, 0.4) is 0 Å². The molecule has 0 aromatic heterocycles. The normalized spacial score (nSPS) is 13.6. The van der Waals surface area contributed by atoms with Gasteiger partial charge in [0.15, 0.2) is 12.8 Å². The van der Waals surface area contributed by atoms with E-state index in [2.05, 4.69) is 65.4 Å². The van der Waals surface area contributed by atoms with Crippen LogP contribution in [0.15, 0.2) is 54.6 Å². The highest BCUT2D eigenvalue weighted by Gasteiger charge is 2.20. The Morgan fingerprint density at radius 3 is 2.05 bits per heavy atom. The number of fused-ring (bicyclic) bond motifs is 1. The molecule has 21 heavy (non-hydrogen) atoms. The van der Waals surface area contributed by atoms with Crippen LogP contribution >= 0.6 is 0 Å². The number of rotatable bonds is 1.